The lowest BCUT2D eigenvalue weighted by Crippen LogP contribution is -2.25. The van der Waals surface area contributed by atoms with Gasteiger partial charge < -0.3 is 4.90 Å². The van der Waals surface area contributed by atoms with E-state index >= 15 is 0 Å². The van der Waals surface area contributed by atoms with Gasteiger partial charge in [0.15, 0.2) is 11.5 Å². The summed E-state index contributed by atoms with van der Waals surface area (Å²) >= 11 is 5.90. The molecule has 0 aliphatic carbocycles. The lowest BCUT2D eigenvalue weighted by atomic mass is 10.4. The number of rotatable bonds is 3. The summed E-state index contributed by atoms with van der Waals surface area (Å²) in [5.41, 5.74) is 0.631. The van der Waals surface area contributed by atoms with Crippen LogP contribution in [0.3, 0.4) is 0 Å². The summed E-state index contributed by atoms with van der Waals surface area (Å²) in [6.45, 7) is 2.66. The zero-order valence-corrected chi connectivity index (χ0v) is 9.26. The first kappa shape index (κ1) is 10.1. The molecule has 80 valence electrons. The number of tetrazole rings is 1. The Morgan fingerprint density at radius 3 is 3.07 bits per heavy atom. The number of aromatic nitrogens is 5. The Bertz CT molecular complexity index is 453. The van der Waals surface area contributed by atoms with Gasteiger partial charge in [-0.25, -0.2) is 0 Å². The van der Waals surface area contributed by atoms with Crippen LogP contribution < -0.4 is 4.90 Å². The molecule has 0 spiro atoms. The molecule has 0 saturated carbocycles. The number of fused-ring (bicyclic) bond motifs is 1. The maximum Gasteiger partial charge on any atom is 0.200 e. The van der Waals surface area contributed by atoms with Gasteiger partial charge in [0.05, 0.1) is 0 Å². The third-order valence-corrected chi connectivity index (χ3v) is 2.11. The van der Waals surface area contributed by atoms with Gasteiger partial charge in [0.25, 0.3) is 0 Å². The highest BCUT2D eigenvalue weighted by Crippen LogP contribution is 2.10. The van der Waals surface area contributed by atoms with Crippen LogP contribution in [-0.2, 0) is 0 Å². The highest BCUT2D eigenvalue weighted by Gasteiger charge is 2.07. The molecule has 7 heteroatoms. The van der Waals surface area contributed by atoms with Crippen LogP contribution in [0.5, 0.6) is 0 Å². The van der Waals surface area contributed by atoms with E-state index in [0.29, 0.717) is 5.65 Å². The van der Waals surface area contributed by atoms with Crippen LogP contribution in [0.15, 0.2) is 12.1 Å². The first-order valence-electron chi connectivity index (χ1n) is 4.57. The molecule has 0 fully saturated rings. The standard InChI is InChI=1S/C8H11ClN6/c1-6(9)5-14(2)8-4-3-7-10-12-13-15(7)11-8/h3-4,6H,5H2,1-2H3. The SMILES string of the molecule is CC(Cl)CN(C)c1ccc2nnnn2n1. The molecule has 15 heavy (non-hydrogen) atoms. The number of halogens is 1. The van der Waals surface area contributed by atoms with Crippen molar-refractivity contribution in [2.24, 2.45) is 0 Å². The van der Waals surface area contributed by atoms with Crippen LogP contribution in [0.1, 0.15) is 6.92 Å². The van der Waals surface area contributed by atoms with Gasteiger partial charge in [0.1, 0.15) is 0 Å². The predicted octanol–water partition coefficient (Wildman–Crippen LogP) is 0.583. The van der Waals surface area contributed by atoms with Crippen LogP contribution in [0.4, 0.5) is 5.82 Å². The van der Waals surface area contributed by atoms with Crippen LogP contribution >= 0.6 is 11.6 Å². The molecule has 0 radical (unpaired) electrons. The summed E-state index contributed by atoms with van der Waals surface area (Å²) in [6, 6.07) is 3.68. The molecule has 2 aromatic rings. The molecule has 0 aliphatic rings. The Balaban J connectivity index is 2.27. The fraction of sp³-hybridized carbons (Fsp3) is 0.500. The second kappa shape index (κ2) is 3.98. The molecule has 1 unspecified atom stereocenters. The Kier molecular flexibility index (Phi) is 2.68. The molecule has 0 N–H and O–H groups in total. The molecule has 1 atom stereocenters. The maximum atomic E-state index is 5.90. The second-order valence-corrected chi connectivity index (χ2v) is 4.12. The minimum absolute atomic E-state index is 0.0707. The second-order valence-electron chi connectivity index (χ2n) is 3.38. The molecule has 0 saturated heterocycles. The van der Waals surface area contributed by atoms with E-state index < -0.39 is 0 Å². The molecular weight excluding hydrogens is 216 g/mol. The van der Waals surface area contributed by atoms with Crippen LogP contribution in [0, 0.1) is 0 Å². The molecule has 0 aromatic carbocycles. The molecule has 2 rings (SSSR count). The Hall–Kier alpha value is -1.43. The van der Waals surface area contributed by atoms with E-state index in [4.69, 9.17) is 11.6 Å². The summed E-state index contributed by atoms with van der Waals surface area (Å²) < 4.78 is 1.39. The molecule has 0 amide bonds. The fourth-order valence-electron chi connectivity index (χ4n) is 1.31. The average Bonchev–Trinajstić information content (AvgIpc) is 2.62. The zero-order valence-electron chi connectivity index (χ0n) is 8.50. The number of nitrogens with zero attached hydrogens (tertiary/aromatic N) is 6. The molecule has 2 aromatic heterocycles. The van der Waals surface area contributed by atoms with E-state index in [1.54, 1.807) is 0 Å². The molecule has 6 nitrogen and oxygen atoms in total. The summed E-state index contributed by atoms with van der Waals surface area (Å²) in [5, 5.41) is 15.3. The van der Waals surface area contributed by atoms with E-state index in [1.165, 1.54) is 4.63 Å². The highest BCUT2D eigenvalue weighted by atomic mass is 35.5. The summed E-state index contributed by atoms with van der Waals surface area (Å²) in [6.07, 6.45) is 0. The summed E-state index contributed by atoms with van der Waals surface area (Å²) in [7, 11) is 1.93. The van der Waals surface area contributed by atoms with Crippen molar-refractivity contribution in [3.63, 3.8) is 0 Å². The smallest absolute Gasteiger partial charge is 0.200 e. The van der Waals surface area contributed by atoms with Gasteiger partial charge in [-0.3, -0.25) is 0 Å². The van der Waals surface area contributed by atoms with E-state index in [-0.39, 0.29) is 5.38 Å². The molecule has 0 bridgehead atoms. The highest BCUT2D eigenvalue weighted by molar-refractivity contribution is 6.20. The van der Waals surface area contributed by atoms with Gasteiger partial charge in [-0.15, -0.1) is 26.4 Å². The van der Waals surface area contributed by atoms with Crippen molar-refractivity contribution in [2.45, 2.75) is 12.3 Å². The molecular formula is C8H11ClN6. The third kappa shape index (κ3) is 2.15. The quantitative estimate of drug-likeness (QED) is 0.717. The van der Waals surface area contributed by atoms with Crippen LogP contribution in [-0.4, -0.2) is 44.2 Å². The van der Waals surface area contributed by atoms with Crippen molar-refractivity contribution in [2.75, 3.05) is 18.5 Å². The van der Waals surface area contributed by atoms with Crippen molar-refractivity contribution < 1.29 is 0 Å². The first-order valence-corrected chi connectivity index (χ1v) is 5.01. The lowest BCUT2D eigenvalue weighted by molar-refractivity contribution is 0.718. The van der Waals surface area contributed by atoms with Crippen molar-refractivity contribution in [1.82, 2.24) is 25.3 Å². The van der Waals surface area contributed by atoms with Crippen molar-refractivity contribution in [3.8, 4) is 0 Å². The van der Waals surface area contributed by atoms with Gasteiger partial charge in [0, 0.05) is 19.0 Å². The number of hydrogen-bond donors (Lipinski definition) is 0. The largest absolute Gasteiger partial charge is 0.357 e. The zero-order chi connectivity index (χ0) is 10.8. The topological polar surface area (TPSA) is 59.2 Å². The van der Waals surface area contributed by atoms with Gasteiger partial charge in [-0.2, -0.15) is 0 Å². The van der Waals surface area contributed by atoms with E-state index in [0.717, 1.165) is 12.4 Å². The third-order valence-electron chi connectivity index (χ3n) is 1.97. The number of anilines is 1. The van der Waals surface area contributed by atoms with Gasteiger partial charge in [0.2, 0.25) is 0 Å². The number of alkyl halides is 1. The van der Waals surface area contributed by atoms with Gasteiger partial charge in [-0.05, 0) is 29.5 Å². The Morgan fingerprint density at radius 2 is 2.33 bits per heavy atom. The molecule has 2 heterocycles. The fourth-order valence-corrected chi connectivity index (χ4v) is 1.52. The van der Waals surface area contributed by atoms with Crippen molar-refractivity contribution in [1.29, 1.82) is 0 Å². The normalized spacial score (nSPS) is 13.0. The maximum absolute atomic E-state index is 5.90. The Labute approximate surface area is 91.8 Å². The van der Waals surface area contributed by atoms with Crippen LogP contribution in [0.25, 0.3) is 5.65 Å². The minimum Gasteiger partial charge on any atom is -0.357 e. The summed E-state index contributed by atoms with van der Waals surface area (Å²) in [5.74, 6) is 0.794. The van der Waals surface area contributed by atoms with E-state index in [2.05, 4.69) is 20.6 Å². The lowest BCUT2D eigenvalue weighted by Gasteiger charge is -2.18. The van der Waals surface area contributed by atoms with E-state index in [9.17, 15) is 0 Å². The van der Waals surface area contributed by atoms with Crippen LogP contribution in [0.2, 0.25) is 0 Å². The summed E-state index contributed by atoms with van der Waals surface area (Å²) in [4.78, 5) is 1.96. The minimum atomic E-state index is 0.0707. The monoisotopic (exact) mass is 226 g/mol. The first-order chi connectivity index (χ1) is 7.16. The van der Waals surface area contributed by atoms with Crippen molar-refractivity contribution in [3.05, 3.63) is 12.1 Å². The van der Waals surface area contributed by atoms with Gasteiger partial charge in [-0.1, -0.05) is 0 Å². The van der Waals surface area contributed by atoms with Crippen molar-refractivity contribution >= 4 is 23.1 Å². The van der Waals surface area contributed by atoms with E-state index in [1.807, 2.05) is 31.0 Å². The van der Waals surface area contributed by atoms with Gasteiger partial charge >= 0.3 is 0 Å². The predicted molar refractivity (Wildman–Crippen MR) is 57.2 cm³/mol. The Morgan fingerprint density at radius 1 is 1.53 bits per heavy atom. The molecule has 0 aliphatic heterocycles. The number of hydrogen-bond acceptors (Lipinski definition) is 5. The average molecular weight is 227 g/mol.